The highest BCUT2D eigenvalue weighted by Gasteiger charge is 2.53. The van der Waals surface area contributed by atoms with Crippen LogP contribution in [0.3, 0.4) is 0 Å². The van der Waals surface area contributed by atoms with E-state index in [-0.39, 0.29) is 17.4 Å². The van der Waals surface area contributed by atoms with Crippen molar-refractivity contribution in [3.8, 4) is 0 Å². The van der Waals surface area contributed by atoms with E-state index in [4.69, 9.17) is 0 Å². The largest absolute Gasteiger partial charge is 0.349 e. The second-order valence-corrected chi connectivity index (χ2v) is 10.7. The molecule has 1 N–H and O–H groups in total. The van der Waals surface area contributed by atoms with Gasteiger partial charge in [0.15, 0.2) is 0 Å². The molecule has 5 rings (SSSR count). The summed E-state index contributed by atoms with van der Waals surface area (Å²) in [6, 6.07) is 4.80. The Morgan fingerprint density at radius 1 is 1.04 bits per heavy atom. The third kappa shape index (κ3) is 3.28. The fourth-order valence-corrected chi connectivity index (χ4v) is 6.76. The van der Waals surface area contributed by atoms with Gasteiger partial charge in [0.05, 0.1) is 4.90 Å². The fourth-order valence-electron chi connectivity index (χ4n) is 6.04. The van der Waals surface area contributed by atoms with Gasteiger partial charge in [-0.25, -0.2) is 8.42 Å². The highest BCUT2D eigenvalue weighted by atomic mass is 32.2. The van der Waals surface area contributed by atoms with Gasteiger partial charge in [-0.3, -0.25) is 4.79 Å². The predicted octanol–water partition coefficient (Wildman–Crippen LogP) is 4.02. The van der Waals surface area contributed by atoms with Crippen LogP contribution in [0.5, 0.6) is 0 Å². The molecule has 0 radical (unpaired) electrons. The van der Waals surface area contributed by atoms with Crippen molar-refractivity contribution in [1.82, 2.24) is 5.32 Å². The van der Waals surface area contributed by atoms with E-state index in [1.54, 1.807) is 0 Å². The van der Waals surface area contributed by atoms with Gasteiger partial charge in [-0.15, -0.1) is 0 Å². The summed E-state index contributed by atoms with van der Waals surface area (Å²) in [4.78, 5) is 12.2. The Labute approximate surface area is 158 Å². The van der Waals surface area contributed by atoms with E-state index in [1.165, 1.54) is 50.7 Å². The quantitative estimate of drug-likeness (QED) is 0.816. The number of benzene rings is 1. The molecule has 7 heteroatoms. The molecule has 27 heavy (non-hydrogen) atoms. The van der Waals surface area contributed by atoms with Crippen LogP contribution in [-0.2, 0) is 9.84 Å². The summed E-state index contributed by atoms with van der Waals surface area (Å²) in [6.07, 6.45) is 7.52. The van der Waals surface area contributed by atoms with Gasteiger partial charge in [-0.2, -0.15) is 8.78 Å². The smallest absolute Gasteiger partial charge is 0.341 e. The van der Waals surface area contributed by atoms with Gasteiger partial charge in [-0.05, 0) is 92.9 Å². The molecule has 1 atom stereocenters. The molecule has 4 fully saturated rings. The third-order valence-electron chi connectivity index (χ3n) is 7.03. The van der Waals surface area contributed by atoms with E-state index in [0.29, 0.717) is 5.56 Å². The molecule has 0 unspecified atom stereocenters. The third-order valence-corrected chi connectivity index (χ3v) is 8.43. The molecule has 0 spiro atoms. The van der Waals surface area contributed by atoms with Crippen molar-refractivity contribution in [3.05, 3.63) is 29.8 Å². The van der Waals surface area contributed by atoms with Crippen LogP contribution in [0.15, 0.2) is 29.2 Å². The van der Waals surface area contributed by atoms with Gasteiger partial charge in [0.25, 0.3) is 5.91 Å². The molecule has 4 nitrogen and oxygen atoms in total. The summed E-state index contributed by atoms with van der Waals surface area (Å²) in [7, 11) is -4.64. The number of sulfone groups is 1. The first-order valence-electron chi connectivity index (χ1n) is 9.62. The maximum atomic E-state index is 12.6. The summed E-state index contributed by atoms with van der Waals surface area (Å²) < 4.78 is 48.2. The fraction of sp³-hybridized carbons (Fsp3) is 0.650. The summed E-state index contributed by atoms with van der Waals surface area (Å²) in [5.74, 6) is -1.38. The first kappa shape index (κ1) is 18.8. The average Bonchev–Trinajstić information content (AvgIpc) is 2.60. The molecule has 148 valence electrons. The molecule has 4 saturated carbocycles. The molecule has 4 aliphatic carbocycles. The number of alkyl halides is 2. The molecular formula is C20H25F2NO3S. The second-order valence-electron chi connectivity index (χ2n) is 8.81. The number of rotatable bonds is 5. The monoisotopic (exact) mass is 397 g/mol. The SMILES string of the molecule is C[C@H](NC(=O)c1ccc(S(=O)(=O)C(F)F)cc1)C12CC3CC(CC(C3)C1)C2. The molecule has 4 aliphatic rings. The highest BCUT2D eigenvalue weighted by Crippen LogP contribution is 2.61. The summed E-state index contributed by atoms with van der Waals surface area (Å²) >= 11 is 0. The zero-order valence-corrected chi connectivity index (χ0v) is 16.1. The van der Waals surface area contributed by atoms with Crippen LogP contribution in [0.2, 0.25) is 0 Å². The Balaban J connectivity index is 1.46. The van der Waals surface area contributed by atoms with Crippen LogP contribution >= 0.6 is 0 Å². The maximum Gasteiger partial charge on any atom is 0.341 e. The molecule has 1 aromatic carbocycles. The van der Waals surface area contributed by atoms with E-state index >= 15 is 0 Å². The van der Waals surface area contributed by atoms with Crippen molar-refractivity contribution in [2.75, 3.05) is 0 Å². The number of amides is 1. The van der Waals surface area contributed by atoms with E-state index in [2.05, 4.69) is 12.2 Å². The second kappa shape index (κ2) is 6.54. The number of carbonyl (C=O) groups excluding carboxylic acids is 1. The molecule has 1 amide bonds. The Morgan fingerprint density at radius 2 is 1.52 bits per heavy atom. The lowest BCUT2D eigenvalue weighted by Crippen LogP contribution is -2.55. The van der Waals surface area contributed by atoms with Crippen molar-refractivity contribution < 1.29 is 22.0 Å². The van der Waals surface area contributed by atoms with Gasteiger partial charge in [-0.1, -0.05) is 0 Å². The lowest BCUT2D eigenvalue weighted by Gasteiger charge is -2.59. The molecule has 0 heterocycles. The number of nitrogens with one attached hydrogen (secondary N) is 1. The molecule has 4 bridgehead atoms. The van der Waals surface area contributed by atoms with Crippen molar-refractivity contribution >= 4 is 15.7 Å². The van der Waals surface area contributed by atoms with Gasteiger partial charge in [0.2, 0.25) is 9.84 Å². The van der Waals surface area contributed by atoms with Crippen molar-refractivity contribution in [1.29, 1.82) is 0 Å². The Morgan fingerprint density at radius 3 is 1.96 bits per heavy atom. The number of hydrogen-bond acceptors (Lipinski definition) is 3. The van der Waals surface area contributed by atoms with E-state index in [1.807, 2.05) is 0 Å². The molecular weight excluding hydrogens is 372 g/mol. The van der Waals surface area contributed by atoms with Gasteiger partial charge >= 0.3 is 5.76 Å². The van der Waals surface area contributed by atoms with Crippen LogP contribution in [0.1, 0.15) is 55.8 Å². The van der Waals surface area contributed by atoms with E-state index in [0.717, 1.165) is 29.9 Å². The molecule has 0 aromatic heterocycles. The Hall–Kier alpha value is -1.50. The van der Waals surface area contributed by atoms with Crippen molar-refractivity contribution in [3.63, 3.8) is 0 Å². The van der Waals surface area contributed by atoms with Crippen LogP contribution in [-0.4, -0.2) is 26.1 Å². The Kier molecular flexibility index (Phi) is 4.56. The van der Waals surface area contributed by atoms with Crippen molar-refractivity contribution in [2.45, 2.75) is 62.1 Å². The van der Waals surface area contributed by atoms with Gasteiger partial charge < -0.3 is 5.32 Å². The topological polar surface area (TPSA) is 63.2 Å². The summed E-state index contributed by atoms with van der Waals surface area (Å²) in [6.45, 7) is 2.07. The van der Waals surface area contributed by atoms with E-state index < -0.39 is 20.5 Å². The number of halogens is 2. The first-order chi connectivity index (χ1) is 12.7. The van der Waals surface area contributed by atoms with Crippen LogP contribution in [0.4, 0.5) is 8.78 Å². The number of carbonyl (C=O) groups is 1. The standard InChI is InChI=1S/C20H25F2NO3S/c1-12(20-9-13-6-14(10-20)8-15(7-13)11-20)23-18(24)16-2-4-17(5-3-16)27(25,26)19(21)22/h2-5,12-15,19H,6-11H2,1H3,(H,23,24)/t12-,13?,14?,15?,20?/m0/s1. The predicted molar refractivity (Wildman–Crippen MR) is 97.2 cm³/mol. The normalized spacial score (nSPS) is 33.3. The van der Waals surface area contributed by atoms with Gasteiger partial charge in [0.1, 0.15) is 0 Å². The lowest BCUT2D eigenvalue weighted by atomic mass is 9.48. The number of hydrogen-bond donors (Lipinski definition) is 1. The minimum absolute atomic E-state index is 0.0443. The van der Waals surface area contributed by atoms with Crippen LogP contribution < -0.4 is 5.32 Å². The first-order valence-corrected chi connectivity index (χ1v) is 11.2. The minimum atomic E-state index is -4.64. The summed E-state index contributed by atoms with van der Waals surface area (Å²) in [5.41, 5.74) is 0.461. The highest BCUT2D eigenvalue weighted by molar-refractivity contribution is 7.91. The molecule has 0 saturated heterocycles. The van der Waals surface area contributed by atoms with Gasteiger partial charge in [0, 0.05) is 11.6 Å². The Bertz CT molecular complexity index is 800. The zero-order chi connectivity index (χ0) is 19.4. The molecule has 0 aliphatic heterocycles. The zero-order valence-electron chi connectivity index (χ0n) is 15.3. The van der Waals surface area contributed by atoms with Crippen LogP contribution in [0.25, 0.3) is 0 Å². The lowest BCUT2D eigenvalue weighted by molar-refractivity contribution is -0.0688. The summed E-state index contributed by atoms with van der Waals surface area (Å²) in [5, 5.41) is 3.10. The average molecular weight is 397 g/mol. The maximum absolute atomic E-state index is 12.6. The van der Waals surface area contributed by atoms with Crippen LogP contribution in [0, 0.1) is 23.2 Å². The molecule has 1 aromatic rings. The van der Waals surface area contributed by atoms with E-state index in [9.17, 15) is 22.0 Å². The van der Waals surface area contributed by atoms with Crippen molar-refractivity contribution in [2.24, 2.45) is 23.2 Å². The minimum Gasteiger partial charge on any atom is -0.349 e.